The van der Waals surface area contributed by atoms with E-state index in [2.05, 4.69) is 5.32 Å². The van der Waals surface area contributed by atoms with Gasteiger partial charge in [0.1, 0.15) is 24.4 Å². The number of rotatable bonds is 8. The second-order valence-electron chi connectivity index (χ2n) is 5.97. The monoisotopic (exact) mass is 377 g/mol. The number of hydrogen-bond acceptors (Lipinski definition) is 6. The maximum absolute atomic E-state index is 12.6. The summed E-state index contributed by atoms with van der Waals surface area (Å²) in [6, 6.07) is 5.19. The van der Waals surface area contributed by atoms with Crippen molar-refractivity contribution in [1.82, 2.24) is 9.88 Å². The lowest BCUT2D eigenvalue weighted by Gasteiger charge is -2.19. The summed E-state index contributed by atoms with van der Waals surface area (Å²) in [6.07, 6.45) is -2.00. The normalized spacial score (nSPS) is 14.3. The molecule has 1 amide bonds. The van der Waals surface area contributed by atoms with Crippen LogP contribution in [0.25, 0.3) is 10.9 Å². The molecule has 2 aromatic rings. The molecule has 10 nitrogen and oxygen atoms in total. The van der Waals surface area contributed by atoms with E-state index in [4.69, 9.17) is 15.9 Å². The van der Waals surface area contributed by atoms with Gasteiger partial charge in [0.15, 0.2) is 5.78 Å². The average Bonchev–Trinajstić information content (AvgIpc) is 2.97. The minimum atomic E-state index is -2.00. The van der Waals surface area contributed by atoms with E-state index in [0.717, 1.165) is 0 Å². The van der Waals surface area contributed by atoms with Gasteiger partial charge in [0.2, 0.25) is 0 Å². The highest BCUT2D eigenvalue weighted by atomic mass is 16.4. The predicted octanol–water partition coefficient (Wildman–Crippen LogP) is -0.814. The zero-order valence-corrected chi connectivity index (χ0v) is 14.3. The molecule has 1 aromatic heterocycles. The minimum absolute atomic E-state index is 0.00951. The average molecular weight is 377 g/mol. The number of amides is 1. The number of aliphatic hydroxyl groups is 1. The summed E-state index contributed by atoms with van der Waals surface area (Å²) in [5.41, 5.74) is 5.75. The predicted molar refractivity (Wildman–Crippen MR) is 93.1 cm³/mol. The molecule has 0 fully saturated rings. The maximum Gasteiger partial charge on any atom is 0.323 e. The van der Waals surface area contributed by atoms with Crippen LogP contribution >= 0.6 is 0 Å². The molecule has 1 heterocycles. The minimum Gasteiger partial charge on any atom is -0.480 e. The number of nitrogens with zero attached hydrogens (tertiary/aromatic N) is 1. The second-order valence-corrected chi connectivity index (χ2v) is 5.97. The molecule has 0 radical (unpaired) electrons. The van der Waals surface area contributed by atoms with Crippen molar-refractivity contribution in [3.8, 4) is 0 Å². The molecule has 3 atom stereocenters. The lowest BCUT2D eigenvalue weighted by atomic mass is 10.0. The van der Waals surface area contributed by atoms with Crippen molar-refractivity contribution in [2.24, 2.45) is 5.73 Å². The van der Waals surface area contributed by atoms with Crippen molar-refractivity contribution in [3.05, 3.63) is 36.0 Å². The van der Waals surface area contributed by atoms with Gasteiger partial charge in [0.25, 0.3) is 5.91 Å². The van der Waals surface area contributed by atoms with E-state index in [1.165, 1.54) is 17.6 Å². The van der Waals surface area contributed by atoms with Crippen LogP contribution in [0.3, 0.4) is 0 Å². The highest BCUT2D eigenvalue weighted by molar-refractivity contribution is 6.02. The number of benzene rings is 1. The van der Waals surface area contributed by atoms with Gasteiger partial charge in [-0.2, -0.15) is 0 Å². The Balaban J connectivity index is 2.26. The van der Waals surface area contributed by atoms with Gasteiger partial charge in [0, 0.05) is 10.9 Å². The lowest BCUT2D eigenvalue weighted by Crippen LogP contribution is -2.52. The van der Waals surface area contributed by atoms with Crippen LogP contribution < -0.4 is 11.1 Å². The summed E-state index contributed by atoms with van der Waals surface area (Å²) in [5, 5.41) is 30.5. The van der Waals surface area contributed by atoms with E-state index in [1.54, 1.807) is 24.3 Å². The molecular formula is C17H19N3O7. The molecule has 0 aliphatic rings. The standard InChI is InChI=1S/C17H19N3O7/c1-8(14(23)15(24)13(18)17(26)27)19-16(25)11-6-9-4-2-3-5-10(9)20(11)7-12(21)22/h2-6,8,13,15,24H,7,18H2,1H3,(H,19,25)(H,21,22)(H,26,27)/t8-,13?,15-/m0/s1. The molecule has 27 heavy (non-hydrogen) atoms. The van der Waals surface area contributed by atoms with Crippen LogP contribution in [0, 0.1) is 0 Å². The fourth-order valence-electron chi connectivity index (χ4n) is 2.61. The fraction of sp³-hybridized carbons (Fsp3) is 0.294. The molecule has 0 saturated carbocycles. The molecule has 0 spiro atoms. The van der Waals surface area contributed by atoms with Crippen LogP contribution in [-0.2, 0) is 20.9 Å². The van der Waals surface area contributed by atoms with E-state index in [-0.39, 0.29) is 5.69 Å². The van der Waals surface area contributed by atoms with E-state index < -0.39 is 48.4 Å². The highest BCUT2D eigenvalue weighted by Gasteiger charge is 2.32. The number of para-hydroxylation sites is 1. The van der Waals surface area contributed by atoms with Gasteiger partial charge in [-0.05, 0) is 19.1 Å². The van der Waals surface area contributed by atoms with E-state index >= 15 is 0 Å². The number of carboxylic acids is 2. The Bertz CT molecular complexity index is 905. The number of nitrogens with two attached hydrogens (primary N) is 1. The Morgan fingerprint density at radius 2 is 1.81 bits per heavy atom. The van der Waals surface area contributed by atoms with Crippen molar-refractivity contribution in [1.29, 1.82) is 0 Å². The number of aliphatic carboxylic acids is 2. The number of aromatic nitrogens is 1. The molecule has 0 bridgehead atoms. The molecule has 6 N–H and O–H groups in total. The van der Waals surface area contributed by atoms with E-state index in [0.29, 0.717) is 10.9 Å². The van der Waals surface area contributed by atoms with E-state index in [1.807, 2.05) is 0 Å². The summed E-state index contributed by atoms with van der Waals surface area (Å²) < 4.78 is 1.28. The van der Waals surface area contributed by atoms with Gasteiger partial charge in [-0.3, -0.25) is 19.2 Å². The molecule has 0 aliphatic carbocycles. The van der Waals surface area contributed by atoms with Crippen molar-refractivity contribution in [2.75, 3.05) is 0 Å². The summed E-state index contributed by atoms with van der Waals surface area (Å²) in [6.45, 7) is 0.799. The first-order valence-corrected chi connectivity index (χ1v) is 7.94. The molecule has 144 valence electrons. The summed E-state index contributed by atoms with van der Waals surface area (Å²) >= 11 is 0. The summed E-state index contributed by atoms with van der Waals surface area (Å²) in [4.78, 5) is 46.5. The summed E-state index contributed by atoms with van der Waals surface area (Å²) in [5.74, 6) is -4.43. The quantitative estimate of drug-likeness (QED) is 0.397. The Labute approximate surface area is 153 Å². The van der Waals surface area contributed by atoms with Crippen molar-refractivity contribution in [3.63, 3.8) is 0 Å². The van der Waals surface area contributed by atoms with Crippen LogP contribution in [0.2, 0.25) is 0 Å². The van der Waals surface area contributed by atoms with Crippen LogP contribution in [-0.4, -0.2) is 61.7 Å². The largest absolute Gasteiger partial charge is 0.480 e. The lowest BCUT2D eigenvalue weighted by molar-refractivity contribution is -0.145. The molecule has 0 aliphatic heterocycles. The number of hydrogen-bond donors (Lipinski definition) is 5. The van der Waals surface area contributed by atoms with Crippen LogP contribution in [0.15, 0.2) is 30.3 Å². The number of carbonyl (C=O) groups excluding carboxylic acids is 2. The Morgan fingerprint density at radius 1 is 1.19 bits per heavy atom. The number of Topliss-reactive ketones (excluding diaryl/α,β-unsaturated/α-hetero) is 1. The van der Waals surface area contributed by atoms with E-state index in [9.17, 15) is 24.3 Å². The third-order valence-corrected chi connectivity index (χ3v) is 4.03. The third kappa shape index (κ3) is 4.30. The molecule has 10 heteroatoms. The van der Waals surface area contributed by atoms with Crippen LogP contribution in [0.5, 0.6) is 0 Å². The maximum atomic E-state index is 12.6. The number of aliphatic hydroxyl groups excluding tert-OH is 1. The third-order valence-electron chi connectivity index (χ3n) is 4.03. The molecule has 1 aromatic carbocycles. The van der Waals surface area contributed by atoms with Gasteiger partial charge in [-0.25, -0.2) is 0 Å². The van der Waals surface area contributed by atoms with Crippen molar-refractivity contribution in [2.45, 2.75) is 31.7 Å². The van der Waals surface area contributed by atoms with Gasteiger partial charge < -0.3 is 30.9 Å². The number of fused-ring (bicyclic) bond motifs is 1. The first-order valence-electron chi connectivity index (χ1n) is 7.94. The number of carbonyl (C=O) groups is 4. The van der Waals surface area contributed by atoms with Crippen molar-refractivity contribution >= 4 is 34.5 Å². The molecular weight excluding hydrogens is 358 g/mol. The highest BCUT2D eigenvalue weighted by Crippen LogP contribution is 2.20. The molecule has 0 saturated heterocycles. The van der Waals surface area contributed by atoms with Gasteiger partial charge >= 0.3 is 11.9 Å². The van der Waals surface area contributed by atoms with Gasteiger partial charge in [-0.1, -0.05) is 18.2 Å². The van der Waals surface area contributed by atoms with Gasteiger partial charge in [-0.15, -0.1) is 0 Å². The number of carboxylic acid groups (broad SMARTS) is 2. The number of ketones is 1. The second kappa shape index (κ2) is 7.98. The number of nitrogens with one attached hydrogen (secondary N) is 1. The zero-order chi connectivity index (χ0) is 20.3. The Morgan fingerprint density at radius 3 is 2.41 bits per heavy atom. The van der Waals surface area contributed by atoms with Crippen molar-refractivity contribution < 1.29 is 34.5 Å². The van der Waals surface area contributed by atoms with Crippen LogP contribution in [0.1, 0.15) is 17.4 Å². The fourth-order valence-corrected chi connectivity index (χ4v) is 2.61. The van der Waals surface area contributed by atoms with Crippen LogP contribution in [0.4, 0.5) is 0 Å². The SMILES string of the molecule is C[C@H](NC(=O)c1cc2ccccc2n1CC(=O)O)C(=O)[C@@H](O)C(N)C(=O)O. The Hall–Kier alpha value is -3.24. The molecule has 1 unspecified atom stereocenters. The molecule has 2 rings (SSSR count). The Kier molecular flexibility index (Phi) is 5.93. The van der Waals surface area contributed by atoms with Gasteiger partial charge in [0.05, 0.1) is 6.04 Å². The first kappa shape index (κ1) is 20.1. The topological polar surface area (TPSA) is 172 Å². The first-order chi connectivity index (χ1) is 12.6. The smallest absolute Gasteiger partial charge is 0.323 e. The summed E-state index contributed by atoms with van der Waals surface area (Å²) in [7, 11) is 0. The zero-order valence-electron chi connectivity index (χ0n) is 14.3.